The van der Waals surface area contributed by atoms with Crippen LogP contribution in [0.15, 0.2) is 53.9 Å². The van der Waals surface area contributed by atoms with Crippen LogP contribution in [-0.2, 0) is 4.79 Å². The molecule has 0 bridgehead atoms. The molecular formula is C22H19ClN2O2S. The van der Waals surface area contributed by atoms with E-state index in [1.165, 1.54) is 24.3 Å². The van der Waals surface area contributed by atoms with Gasteiger partial charge in [0.2, 0.25) is 5.91 Å². The normalized spacial score (nSPS) is 11.0. The summed E-state index contributed by atoms with van der Waals surface area (Å²) >= 11 is 7.21. The van der Waals surface area contributed by atoms with Crippen molar-refractivity contribution in [1.29, 1.82) is 0 Å². The van der Waals surface area contributed by atoms with Gasteiger partial charge in [0.1, 0.15) is 0 Å². The largest absolute Gasteiger partial charge is 0.289 e. The number of halogens is 1. The first-order valence-corrected chi connectivity index (χ1v) is 9.93. The summed E-state index contributed by atoms with van der Waals surface area (Å²) in [6.45, 7) is 5.51. The molecule has 0 atom stereocenters. The van der Waals surface area contributed by atoms with Crippen molar-refractivity contribution in [3.8, 4) is 0 Å². The Morgan fingerprint density at radius 1 is 1.11 bits per heavy atom. The zero-order valence-corrected chi connectivity index (χ0v) is 17.3. The Hall–Kier alpha value is -2.76. The highest BCUT2D eigenvalue weighted by Gasteiger charge is 2.19. The number of nitrogens with zero attached hydrogens (tertiary/aromatic N) is 2. The molecule has 0 aliphatic rings. The monoisotopic (exact) mass is 410 g/mol. The lowest BCUT2D eigenvalue weighted by molar-refractivity contribution is -0.115. The van der Waals surface area contributed by atoms with Gasteiger partial charge in [-0.1, -0.05) is 23.7 Å². The zero-order chi connectivity index (χ0) is 20.3. The maximum Gasteiger partial charge on any atom is 0.230 e. The molecule has 2 aromatic carbocycles. The Morgan fingerprint density at radius 3 is 2.50 bits per heavy atom. The summed E-state index contributed by atoms with van der Waals surface area (Å²) in [5.74, 6) is -0.250. The molecule has 1 heterocycles. The molecule has 0 aliphatic heterocycles. The van der Waals surface area contributed by atoms with Crippen molar-refractivity contribution in [2.24, 2.45) is 0 Å². The maximum atomic E-state index is 12.3. The minimum absolute atomic E-state index is 0.115. The molecule has 1 amide bonds. The highest BCUT2D eigenvalue weighted by atomic mass is 35.5. The molecule has 0 spiro atoms. The van der Waals surface area contributed by atoms with Gasteiger partial charge in [-0.25, -0.2) is 4.98 Å². The fraction of sp³-hybridized carbons (Fsp3) is 0.136. The third kappa shape index (κ3) is 4.38. The van der Waals surface area contributed by atoms with Crippen LogP contribution in [0.2, 0.25) is 5.02 Å². The van der Waals surface area contributed by atoms with E-state index in [1.54, 1.807) is 35.2 Å². The number of benzene rings is 2. The van der Waals surface area contributed by atoms with Gasteiger partial charge in [-0.2, -0.15) is 0 Å². The first-order chi connectivity index (χ1) is 13.4. The van der Waals surface area contributed by atoms with E-state index in [4.69, 9.17) is 11.6 Å². The lowest BCUT2D eigenvalue weighted by Crippen LogP contribution is -2.23. The second kappa shape index (κ2) is 8.50. The highest BCUT2D eigenvalue weighted by Crippen LogP contribution is 2.32. The number of amides is 1. The number of rotatable bonds is 5. The molecule has 0 N–H and O–H groups in total. The first kappa shape index (κ1) is 20.0. The van der Waals surface area contributed by atoms with Crippen LogP contribution < -0.4 is 4.90 Å². The molecule has 0 fully saturated rings. The van der Waals surface area contributed by atoms with E-state index < -0.39 is 0 Å². The number of carbonyl (C=O) groups is 2. The molecule has 3 rings (SSSR count). The number of anilines is 2. The number of allylic oxidation sites excluding steroid dienone is 1. The summed E-state index contributed by atoms with van der Waals surface area (Å²) in [6, 6.07) is 12.6. The summed E-state index contributed by atoms with van der Waals surface area (Å²) in [4.78, 5) is 30.7. The first-order valence-electron chi connectivity index (χ1n) is 8.67. The molecule has 4 nitrogen and oxygen atoms in total. The van der Waals surface area contributed by atoms with E-state index in [9.17, 15) is 9.59 Å². The predicted octanol–water partition coefficient (Wildman–Crippen LogP) is 5.99. The molecule has 0 unspecified atom stereocenters. The maximum absolute atomic E-state index is 12.3. The molecule has 28 heavy (non-hydrogen) atoms. The fourth-order valence-corrected chi connectivity index (χ4v) is 3.69. The smallest absolute Gasteiger partial charge is 0.230 e. The van der Waals surface area contributed by atoms with E-state index >= 15 is 0 Å². The molecule has 6 heteroatoms. The SMILES string of the molecule is CC(=O)N(c1nc(/C=C/C(=O)c2ccc(Cl)cc2)cs1)c1cccc(C)c1C. The second-order valence-electron chi connectivity index (χ2n) is 6.33. The van der Waals surface area contributed by atoms with Gasteiger partial charge in [0.25, 0.3) is 0 Å². The molecule has 1 aromatic heterocycles. The zero-order valence-electron chi connectivity index (χ0n) is 15.8. The van der Waals surface area contributed by atoms with Crippen LogP contribution >= 0.6 is 22.9 Å². The number of hydrogen-bond acceptors (Lipinski definition) is 4. The Morgan fingerprint density at radius 2 is 1.82 bits per heavy atom. The van der Waals surface area contributed by atoms with E-state index in [0.717, 1.165) is 16.8 Å². The molecule has 0 aliphatic carbocycles. The third-order valence-corrected chi connectivity index (χ3v) is 5.46. The molecule has 3 aromatic rings. The van der Waals surface area contributed by atoms with Crippen LogP contribution in [0.5, 0.6) is 0 Å². The van der Waals surface area contributed by atoms with Gasteiger partial charge in [0.15, 0.2) is 10.9 Å². The predicted molar refractivity (Wildman–Crippen MR) is 116 cm³/mol. The van der Waals surface area contributed by atoms with Gasteiger partial charge >= 0.3 is 0 Å². The summed E-state index contributed by atoms with van der Waals surface area (Å²) in [6.07, 6.45) is 3.12. The highest BCUT2D eigenvalue weighted by molar-refractivity contribution is 7.14. The number of thiazole rings is 1. The Bertz CT molecular complexity index is 1050. The molecular weight excluding hydrogens is 392 g/mol. The van der Waals surface area contributed by atoms with Gasteiger partial charge in [-0.3, -0.25) is 14.5 Å². The third-order valence-electron chi connectivity index (χ3n) is 4.37. The fourth-order valence-electron chi connectivity index (χ4n) is 2.71. The van der Waals surface area contributed by atoms with Crippen LogP contribution in [0.3, 0.4) is 0 Å². The van der Waals surface area contributed by atoms with Crippen LogP contribution in [0, 0.1) is 13.8 Å². The Labute approximate surface area is 173 Å². The van der Waals surface area contributed by atoms with Gasteiger partial charge in [-0.15, -0.1) is 11.3 Å². The molecule has 0 saturated heterocycles. The van der Waals surface area contributed by atoms with Crippen molar-refractivity contribution in [1.82, 2.24) is 4.98 Å². The topological polar surface area (TPSA) is 50.3 Å². The van der Waals surface area contributed by atoms with Crippen molar-refractivity contribution < 1.29 is 9.59 Å². The van der Waals surface area contributed by atoms with Crippen molar-refractivity contribution >= 4 is 51.5 Å². The van der Waals surface area contributed by atoms with Crippen molar-refractivity contribution in [3.05, 3.63) is 81.3 Å². The average Bonchev–Trinajstić information content (AvgIpc) is 3.12. The van der Waals surface area contributed by atoms with Gasteiger partial charge in [-0.05, 0) is 67.5 Å². The van der Waals surface area contributed by atoms with Crippen LogP contribution in [0.1, 0.15) is 34.1 Å². The van der Waals surface area contributed by atoms with Crippen molar-refractivity contribution in [2.75, 3.05) is 4.90 Å². The minimum atomic E-state index is -0.135. The lowest BCUT2D eigenvalue weighted by Gasteiger charge is -2.21. The van der Waals surface area contributed by atoms with E-state index in [1.807, 2.05) is 37.4 Å². The standard InChI is InChI=1S/C22H19ClN2O2S/c1-14-5-4-6-20(15(14)2)25(16(3)26)22-24-19(13-28-22)11-12-21(27)17-7-9-18(23)10-8-17/h4-13H,1-3H3/b12-11+. The summed E-state index contributed by atoms with van der Waals surface area (Å²) in [5.41, 5.74) is 4.13. The van der Waals surface area contributed by atoms with Crippen LogP contribution in [0.25, 0.3) is 6.08 Å². The van der Waals surface area contributed by atoms with Gasteiger partial charge < -0.3 is 0 Å². The molecule has 142 valence electrons. The number of ketones is 1. The Kier molecular flexibility index (Phi) is 6.07. The van der Waals surface area contributed by atoms with Crippen molar-refractivity contribution in [3.63, 3.8) is 0 Å². The lowest BCUT2D eigenvalue weighted by atomic mass is 10.1. The number of aryl methyl sites for hydroxylation is 1. The van der Waals surface area contributed by atoms with Gasteiger partial charge in [0, 0.05) is 22.9 Å². The number of aromatic nitrogens is 1. The average molecular weight is 411 g/mol. The summed E-state index contributed by atoms with van der Waals surface area (Å²) in [7, 11) is 0. The second-order valence-corrected chi connectivity index (χ2v) is 7.61. The summed E-state index contributed by atoms with van der Waals surface area (Å²) < 4.78 is 0. The number of hydrogen-bond donors (Lipinski definition) is 0. The summed E-state index contributed by atoms with van der Waals surface area (Å²) in [5, 5.41) is 2.97. The van der Waals surface area contributed by atoms with E-state index in [2.05, 4.69) is 4.98 Å². The van der Waals surface area contributed by atoms with Crippen LogP contribution in [-0.4, -0.2) is 16.7 Å². The van der Waals surface area contributed by atoms with Crippen LogP contribution in [0.4, 0.5) is 10.8 Å². The van der Waals surface area contributed by atoms with Crippen molar-refractivity contribution in [2.45, 2.75) is 20.8 Å². The minimum Gasteiger partial charge on any atom is -0.289 e. The molecule has 0 radical (unpaired) electrons. The van der Waals surface area contributed by atoms with Gasteiger partial charge in [0.05, 0.1) is 11.4 Å². The number of carbonyl (C=O) groups excluding carboxylic acids is 2. The molecule has 0 saturated carbocycles. The quantitative estimate of drug-likeness (QED) is 0.383. The van der Waals surface area contributed by atoms with E-state index in [0.29, 0.717) is 21.4 Å². The van der Waals surface area contributed by atoms with E-state index in [-0.39, 0.29) is 11.7 Å². The Balaban J connectivity index is 1.85.